The Labute approximate surface area is 121 Å². The Hall–Kier alpha value is -1.72. The Morgan fingerprint density at radius 3 is 3.15 bits per heavy atom. The lowest BCUT2D eigenvalue weighted by Gasteiger charge is -2.03. The molecule has 0 atom stereocenters. The molecule has 2 heterocycles. The molecule has 0 bridgehead atoms. The zero-order valence-electron chi connectivity index (χ0n) is 11.1. The molecule has 0 fully saturated rings. The quantitative estimate of drug-likeness (QED) is 0.858. The van der Waals surface area contributed by atoms with Gasteiger partial charge in [-0.3, -0.25) is 4.79 Å². The number of nitrogens with zero attached hydrogens (tertiary/aromatic N) is 1. The van der Waals surface area contributed by atoms with Crippen LogP contribution in [0.2, 0.25) is 0 Å². The third-order valence-corrected chi connectivity index (χ3v) is 4.28. The van der Waals surface area contributed by atoms with Gasteiger partial charge in [-0.05, 0) is 23.6 Å². The van der Waals surface area contributed by atoms with Gasteiger partial charge in [-0.1, -0.05) is 12.1 Å². The Morgan fingerprint density at radius 2 is 2.35 bits per heavy atom. The molecule has 2 N–H and O–H groups in total. The van der Waals surface area contributed by atoms with Gasteiger partial charge in [0.05, 0.1) is 6.61 Å². The summed E-state index contributed by atoms with van der Waals surface area (Å²) in [5, 5.41) is 2.60. The first-order chi connectivity index (χ1) is 9.76. The van der Waals surface area contributed by atoms with Crippen LogP contribution in [-0.2, 0) is 19.4 Å². The molecule has 0 amide bonds. The van der Waals surface area contributed by atoms with Crippen molar-refractivity contribution in [3.05, 3.63) is 45.4 Å². The van der Waals surface area contributed by atoms with E-state index in [-0.39, 0.29) is 5.78 Å². The molecular formula is C15H16N2O2S. The Morgan fingerprint density at radius 1 is 1.45 bits per heavy atom. The molecule has 0 unspecified atom stereocenters. The molecule has 0 saturated carbocycles. The summed E-state index contributed by atoms with van der Waals surface area (Å²) in [6, 6.07) is 6.17. The summed E-state index contributed by atoms with van der Waals surface area (Å²) >= 11 is 1.44. The number of rotatable bonds is 5. The summed E-state index contributed by atoms with van der Waals surface area (Å²) in [5.74, 6) is 1.06. The maximum Gasteiger partial charge on any atom is 0.182 e. The van der Waals surface area contributed by atoms with Crippen molar-refractivity contribution >= 4 is 17.1 Å². The van der Waals surface area contributed by atoms with Crippen LogP contribution in [0, 0.1) is 0 Å². The number of carbonyl (C=O) groups is 1. The van der Waals surface area contributed by atoms with E-state index in [9.17, 15) is 4.79 Å². The van der Waals surface area contributed by atoms with E-state index in [0.29, 0.717) is 18.7 Å². The largest absolute Gasteiger partial charge is 0.493 e. The molecule has 0 radical (unpaired) electrons. The van der Waals surface area contributed by atoms with Crippen LogP contribution < -0.4 is 10.5 Å². The third-order valence-electron chi connectivity index (χ3n) is 3.41. The van der Waals surface area contributed by atoms with Gasteiger partial charge in [0.25, 0.3) is 0 Å². The fourth-order valence-electron chi connectivity index (χ4n) is 2.31. The lowest BCUT2D eigenvalue weighted by atomic mass is 10.0. The van der Waals surface area contributed by atoms with Gasteiger partial charge in [-0.25, -0.2) is 4.98 Å². The van der Waals surface area contributed by atoms with Gasteiger partial charge in [0.15, 0.2) is 5.78 Å². The number of hydrogen-bond donors (Lipinski definition) is 1. The van der Waals surface area contributed by atoms with Crippen molar-refractivity contribution in [1.82, 2.24) is 4.98 Å². The van der Waals surface area contributed by atoms with Crippen LogP contribution in [0.15, 0.2) is 23.6 Å². The normalized spacial score (nSPS) is 13.1. The van der Waals surface area contributed by atoms with Crippen molar-refractivity contribution in [2.45, 2.75) is 25.8 Å². The Bertz CT molecular complexity index is 637. The standard InChI is InChI=1S/C15H16N2O2S/c16-8-15-17-12(9-20-15)13(18)3-1-10-2-4-14-11(7-10)5-6-19-14/h2,4,7,9H,1,3,5-6,8,16H2. The predicted molar refractivity (Wildman–Crippen MR) is 78.3 cm³/mol. The summed E-state index contributed by atoms with van der Waals surface area (Å²) in [5.41, 5.74) is 8.47. The summed E-state index contributed by atoms with van der Waals surface area (Å²) in [4.78, 5) is 16.3. The van der Waals surface area contributed by atoms with E-state index in [1.807, 2.05) is 12.1 Å². The van der Waals surface area contributed by atoms with Crippen LogP contribution in [0.5, 0.6) is 5.75 Å². The third kappa shape index (κ3) is 2.73. The number of ketones is 1. The molecule has 1 aliphatic heterocycles. The number of Topliss-reactive ketones (excluding diaryl/α,β-unsaturated/α-hetero) is 1. The van der Waals surface area contributed by atoms with E-state index in [4.69, 9.17) is 10.5 Å². The average Bonchev–Trinajstić information content (AvgIpc) is 3.12. The molecule has 5 heteroatoms. The minimum atomic E-state index is 0.0812. The number of ether oxygens (including phenoxy) is 1. The molecule has 3 rings (SSSR count). The molecular weight excluding hydrogens is 272 g/mol. The van der Waals surface area contributed by atoms with Gasteiger partial charge in [0.2, 0.25) is 0 Å². The highest BCUT2D eigenvalue weighted by Crippen LogP contribution is 2.26. The van der Waals surface area contributed by atoms with Gasteiger partial charge in [-0.2, -0.15) is 0 Å². The second-order valence-corrected chi connectivity index (χ2v) is 5.74. The van der Waals surface area contributed by atoms with Crippen LogP contribution in [0.4, 0.5) is 0 Å². The zero-order valence-corrected chi connectivity index (χ0v) is 11.9. The van der Waals surface area contributed by atoms with Crippen LogP contribution >= 0.6 is 11.3 Å². The molecule has 1 aliphatic rings. The minimum Gasteiger partial charge on any atom is -0.493 e. The molecule has 1 aromatic heterocycles. The number of carbonyl (C=O) groups excluding carboxylic acids is 1. The second-order valence-electron chi connectivity index (χ2n) is 4.79. The molecule has 0 aliphatic carbocycles. The van der Waals surface area contributed by atoms with E-state index in [0.717, 1.165) is 30.2 Å². The molecule has 1 aromatic carbocycles. The van der Waals surface area contributed by atoms with Crippen molar-refractivity contribution in [3.8, 4) is 5.75 Å². The van der Waals surface area contributed by atoms with E-state index in [1.165, 1.54) is 22.5 Å². The average molecular weight is 288 g/mol. The van der Waals surface area contributed by atoms with Crippen molar-refractivity contribution in [2.24, 2.45) is 5.73 Å². The lowest BCUT2D eigenvalue weighted by molar-refractivity contribution is 0.0978. The highest BCUT2D eigenvalue weighted by molar-refractivity contribution is 7.09. The van der Waals surface area contributed by atoms with E-state index < -0.39 is 0 Å². The molecule has 4 nitrogen and oxygen atoms in total. The summed E-state index contributed by atoms with van der Waals surface area (Å²) in [7, 11) is 0. The highest BCUT2D eigenvalue weighted by Gasteiger charge is 2.14. The number of thiazole rings is 1. The van der Waals surface area contributed by atoms with Gasteiger partial charge in [0.1, 0.15) is 16.5 Å². The topological polar surface area (TPSA) is 65.2 Å². The van der Waals surface area contributed by atoms with Crippen LogP contribution in [-0.4, -0.2) is 17.4 Å². The van der Waals surface area contributed by atoms with Gasteiger partial charge in [-0.15, -0.1) is 11.3 Å². The molecule has 2 aromatic rings. The minimum absolute atomic E-state index is 0.0812. The molecule has 20 heavy (non-hydrogen) atoms. The second kappa shape index (κ2) is 5.73. The van der Waals surface area contributed by atoms with Crippen LogP contribution in [0.25, 0.3) is 0 Å². The Balaban J connectivity index is 1.63. The van der Waals surface area contributed by atoms with Crippen molar-refractivity contribution in [2.75, 3.05) is 6.61 Å². The van der Waals surface area contributed by atoms with E-state index in [1.54, 1.807) is 5.38 Å². The number of benzene rings is 1. The Kier molecular flexibility index (Phi) is 3.80. The fourth-order valence-corrected chi connectivity index (χ4v) is 2.99. The first-order valence-electron chi connectivity index (χ1n) is 6.68. The first kappa shape index (κ1) is 13.3. The number of aromatic nitrogens is 1. The highest BCUT2D eigenvalue weighted by atomic mass is 32.1. The lowest BCUT2D eigenvalue weighted by Crippen LogP contribution is -2.03. The number of fused-ring (bicyclic) bond motifs is 1. The van der Waals surface area contributed by atoms with Gasteiger partial charge in [0, 0.05) is 24.8 Å². The number of aryl methyl sites for hydroxylation is 1. The molecule has 0 spiro atoms. The molecule has 104 valence electrons. The molecule has 0 saturated heterocycles. The van der Waals surface area contributed by atoms with E-state index >= 15 is 0 Å². The predicted octanol–water partition coefficient (Wildman–Crippen LogP) is 2.35. The zero-order chi connectivity index (χ0) is 13.9. The maximum absolute atomic E-state index is 12.1. The van der Waals surface area contributed by atoms with Gasteiger partial charge >= 0.3 is 0 Å². The van der Waals surface area contributed by atoms with Crippen molar-refractivity contribution in [3.63, 3.8) is 0 Å². The SMILES string of the molecule is NCc1nc(C(=O)CCc2ccc3c(c2)CCO3)cs1. The van der Waals surface area contributed by atoms with Crippen LogP contribution in [0.3, 0.4) is 0 Å². The fraction of sp³-hybridized carbons (Fsp3) is 0.333. The van der Waals surface area contributed by atoms with Crippen LogP contribution in [0.1, 0.15) is 33.0 Å². The smallest absolute Gasteiger partial charge is 0.182 e. The first-order valence-corrected chi connectivity index (χ1v) is 7.56. The monoisotopic (exact) mass is 288 g/mol. The summed E-state index contributed by atoms with van der Waals surface area (Å²) < 4.78 is 5.48. The number of nitrogens with two attached hydrogens (primary N) is 1. The summed E-state index contributed by atoms with van der Waals surface area (Å²) in [6.07, 6.45) is 2.18. The van der Waals surface area contributed by atoms with Crippen molar-refractivity contribution in [1.29, 1.82) is 0 Å². The van der Waals surface area contributed by atoms with Crippen molar-refractivity contribution < 1.29 is 9.53 Å². The summed E-state index contributed by atoms with van der Waals surface area (Å²) in [6.45, 7) is 1.15. The number of hydrogen-bond acceptors (Lipinski definition) is 5. The van der Waals surface area contributed by atoms with E-state index in [2.05, 4.69) is 11.1 Å². The maximum atomic E-state index is 12.1. The van der Waals surface area contributed by atoms with Gasteiger partial charge < -0.3 is 10.5 Å².